The molecule has 2 aliphatic rings. The van der Waals surface area contributed by atoms with Gasteiger partial charge in [-0.05, 0) is 39.0 Å². The number of hydrogen-bond acceptors (Lipinski definition) is 9. The van der Waals surface area contributed by atoms with E-state index in [1.807, 2.05) is 4.57 Å². The maximum Gasteiger partial charge on any atom is 0.339 e. The molecule has 1 aliphatic heterocycles. The normalized spacial score (nSPS) is 27.9. The van der Waals surface area contributed by atoms with E-state index in [0.717, 1.165) is 6.42 Å². The summed E-state index contributed by atoms with van der Waals surface area (Å²) in [4.78, 5) is 37.3. The standard InChI is InChI=1S/C19H24ClN5O5/c1-3-28-13(26)8-19(17(27)29-4-2)7-10-5-11(6-12(10)30-19)25-9-22-14-15(20)23-18(21)24-16(14)25/h9-12H,3-8H2,1-2H3,(H2,21,23,24)/t10-,11+,12-,19-/m0/s1. The Kier molecular flexibility index (Phi) is 5.54. The number of carbonyl (C=O) groups excluding carboxylic acids is 2. The summed E-state index contributed by atoms with van der Waals surface area (Å²) in [6.45, 7) is 3.91. The Labute approximate surface area is 178 Å². The van der Waals surface area contributed by atoms with Crippen molar-refractivity contribution >= 4 is 40.7 Å². The number of carbonyl (C=O) groups is 2. The lowest BCUT2D eigenvalue weighted by molar-refractivity contribution is -0.177. The van der Waals surface area contributed by atoms with Crippen LogP contribution < -0.4 is 5.73 Å². The van der Waals surface area contributed by atoms with E-state index in [0.29, 0.717) is 24.0 Å². The van der Waals surface area contributed by atoms with E-state index < -0.39 is 17.5 Å². The molecule has 2 fully saturated rings. The summed E-state index contributed by atoms with van der Waals surface area (Å²) < 4.78 is 18.4. The molecule has 2 aromatic rings. The topological polar surface area (TPSA) is 131 Å². The summed E-state index contributed by atoms with van der Waals surface area (Å²) in [5.74, 6) is -0.811. The van der Waals surface area contributed by atoms with E-state index in [1.165, 1.54) is 0 Å². The van der Waals surface area contributed by atoms with Crippen molar-refractivity contribution in [1.29, 1.82) is 0 Å². The maximum absolute atomic E-state index is 12.7. The fraction of sp³-hybridized carbons (Fsp3) is 0.632. The van der Waals surface area contributed by atoms with Crippen LogP contribution in [-0.2, 0) is 23.8 Å². The van der Waals surface area contributed by atoms with Crippen LogP contribution in [-0.4, -0.2) is 56.4 Å². The zero-order valence-electron chi connectivity index (χ0n) is 16.8. The van der Waals surface area contributed by atoms with Gasteiger partial charge in [-0.1, -0.05) is 11.6 Å². The Morgan fingerprint density at radius 3 is 2.77 bits per heavy atom. The van der Waals surface area contributed by atoms with Crippen LogP contribution in [0.4, 0.5) is 5.95 Å². The first-order valence-electron chi connectivity index (χ1n) is 10.0. The third-order valence-electron chi connectivity index (χ3n) is 5.75. The lowest BCUT2D eigenvalue weighted by Crippen LogP contribution is -2.43. The first-order chi connectivity index (χ1) is 14.4. The third-order valence-corrected chi connectivity index (χ3v) is 6.01. The number of hydrogen-bond donors (Lipinski definition) is 1. The van der Waals surface area contributed by atoms with Crippen molar-refractivity contribution in [3.8, 4) is 0 Å². The molecule has 4 atom stereocenters. The second-order valence-electron chi connectivity index (χ2n) is 7.64. The summed E-state index contributed by atoms with van der Waals surface area (Å²) in [7, 11) is 0. The summed E-state index contributed by atoms with van der Waals surface area (Å²) in [5, 5.41) is 0.210. The predicted octanol–water partition coefficient (Wildman–Crippen LogP) is 2.06. The number of esters is 2. The van der Waals surface area contributed by atoms with Crippen molar-refractivity contribution in [2.24, 2.45) is 5.92 Å². The van der Waals surface area contributed by atoms with Gasteiger partial charge in [0.1, 0.15) is 5.52 Å². The molecule has 3 heterocycles. The number of ether oxygens (including phenoxy) is 3. The molecule has 0 amide bonds. The number of imidazole rings is 1. The Morgan fingerprint density at radius 2 is 2.07 bits per heavy atom. The van der Waals surface area contributed by atoms with E-state index in [2.05, 4.69) is 15.0 Å². The van der Waals surface area contributed by atoms with Gasteiger partial charge in [0.05, 0.1) is 32.1 Å². The Morgan fingerprint density at radius 1 is 1.30 bits per heavy atom. The van der Waals surface area contributed by atoms with E-state index in [4.69, 9.17) is 31.5 Å². The van der Waals surface area contributed by atoms with Gasteiger partial charge in [-0.3, -0.25) is 4.79 Å². The van der Waals surface area contributed by atoms with E-state index in [-0.39, 0.29) is 48.8 Å². The number of nitrogens with two attached hydrogens (primary N) is 1. The highest BCUT2D eigenvalue weighted by atomic mass is 35.5. The monoisotopic (exact) mass is 437 g/mol. The number of nitrogens with zero attached hydrogens (tertiary/aromatic N) is 4. The minimum atomic E-state index is -1.30. The number of fused-ring (bicyclic) bond motifs is 2. The average Bonchev–Trinajstić information content (AvgIpc) is 3.33. The lowest BCUT2D eigenvalue weighted by atomic mass is 9.89. The van der Waals surface area contributed by atoms with Crippen LogP contribution in [0, 0.1) is 5.92 Å². The van der Waals surface area contributed by atoms with Gasteiger partial charge in [-0.25, -0.2) is 9.78 Å². The first kappa shape index (κ1) is 20.8. The minimum absolute atomic E-state index is 0.0538. The molecule has 30 heavy (non-hydrogen) atoms. The fourth-order valence-electron chi connectivity index (χ4n) is 4.60. The van der Waals surface area contributed by atoms with Gasteiger partial charge >= 0.3 is 11.9 Å². The lowest BCUT2D eigenvalue weighted by Gasteiger charge is -2.27. The number of aromatic nitrogens is 4. The molecule has 1 saturated heterocycles. The van der Waals surface area contributed by atoms with Crippen LogP contribution in [0.2, 0.25) is 5.15 Å². The zero-order chi connectivity index (χ0) is 21.5. The molecule has 4 rings (SSSR count). The Bertz CT molecular complexity index is 966. The van der Waals surface area contributed by atoms with Crippen LogP contribution in [0.25, 0.3) is 11.2 Å². The highest BCUT2D eigenvalue weighted by Gasteiger charge is 2.57. The van der Waals surface area contributed by atoms with Gasteiger partial charge in [-0.2, -0.15) is 9.97 Å². The highest BCUT2D eigenvalue weighted by molar-refractivity contribution is 6.33. The SMILES string of the molecule is CCOC(=O)C[C@]1(C(=O)OCC)C[C@@H]2C[C@@H](n3cnc4c(Cl)nc(N)nc43)C[C@@H]2O1. The molecule has 0 aromatic carbocycles. The molecule has 11 heteroatoms. The number of anilines is 1. The van der Waals surface area contributed by atoms with Crippen molar-refractivity contribution in [1.82, 2.24) is 19.5 Å². The van der Waals surface area contributed by atoms with Crippen molar-refractivity contribution in [3.05, 3.63) is 11.5 Å². The molecular weight excluding hydrogens is 414 g/mol. The molecule has 0 spiro atoms. The average molecular weight is 438 g/mol. The van der Waals surface area contributed by atoms with Crippen LogP contribution in [0.5, 0.6) is 0 Å². The molecule has 0 bridgehead atoms. The highest BCUT2D eigenvalue weighted by Crippen LogP contribution is 2.50. The van der Waals surface area contributed by atoms with Crippen molar-refractivity contribution in [2.45, 2.75) is 57.3 Å². The smallest absolute Gasteiger partial charge is 0.339 e. The van der Waals surface area contributed by atoms with Gasteiger partial charge < -0.3 is 24.5 Å². The predicted molar refractivity (Wildman–Crippen MR) is 107 cm³/mol. The van der Waals surface area contributed by atoms with Crippen LogP contribution in [0.1, 0.15) is 45.6 Å². The van der Waals surface area contributed by atoms with Gasteiger partial charge in [0, 0.05) is 6.04 Å². The first-order valence-corrected chi connectivity index (χ1v) is 10.4. The van der Waals surface area contributed by atoms with E-state index >= 15 is 0 Å². The number of rotatable bonds is 6. The maximum atomic E-state index is 12.7. The molecule has 162 valence electrons. The quantitative estimate of drug-likeness (QED) is 0.532. The second-order valence-corrected chi connectivity index (χ2v) is 8.00. The van der Waals surface area contributed by atoms with Crippen LogP contribution in [0.15, 0.2) is 6.33 Å². The summed E-state index contributed by atoms with van der Waals surface area (Å²) in [5.41, 5.74) is 5.51. The minimum Gasteiger partial charge on any atom is -0.466 e. The number of nitrogen functional groups attached to an aromatic ring is 1. The summed E-state index contributed by atoms with van der Waals surface area (Å²) in [6, 6.07) is 0.0538. The number of halogens is 1. The molecular formula is C19H24ClN5O5. The summed E-state index contributed by atoms with van der Waals surface area (Å²) in [6.07, 6.45) is 3.11. The van der Waals surface area contributed by atoms with Crippen molar-refractivity contribution < 1.29 is 23.8 Å². The van der Waals surface area contributed by atoms with E-state index in [1.54, 1.807) is 20.2 Å². The van der Waals surface area contributed by atoms with Gasteiger partial charge in [0.2, 0.25) is 5.95 Å². The Balaban J connectivity index is 1.54. The second kappa shape index (κ2) is 7.99. The molecule has 2 aromatic heterocycles. The van der Waals surface area contributed by atoms with Crippen LogP contribution in [0.3, 0.4) is 0 Å². The fourth-order valence-corrected chi connectivity index (χ4v) is 4.82. The molecule has 1 aliphatic carbocycles. The third kappa shape index (κ3) is 3.58. The summed E-state index contributed by atoms with van der Waals surface area (Å²) >= 11 is 6.13. The molecule has 10 nitrogen and oxygen atoms in total. The molecule has 0 radical (unpaired) electrons. The zero-order valence-corrected chi connectivity index (χ0v) is 17.6. The largest absolute Gasteiger partial charge is 0.466 e. The van der Waals surface area contributed by atoms with Crippen molar-refractivity contribution in [2.75, 3.05) is 18.9 Å². The van der Waals surface area contributed by atoms with Gasteiger partial charge in [-0.15, -0.1) is 0 Å². The molecule has 0 unspecified atom stereocenters. The van der Waals surface area contributed by atoms with E-state index in [9.17, 15) is 9.59 Å². The van der Waals surface area contributed by atoms with Gasteiger partial charge in [0.25, 0.3) is 0 Å². The van der Waals surface area contributed by atoms with Gasteiger partial charge in [0.15, 0.2) is 16.4 Å². The van der Waals surface area contributed by atoms with Crippen LogP contribution >= 0.6 is 11.6 Å². The molecule has 2 N–H and O–H groups in total. The Hall–Kier alpha value is -2.46. The molecule has 1 saturated carbocycles. The van der Waals surface area contributed by atoms with Crippen molar-refractivity contribution in [3.63, 3.8) is 0 Å².